The van der Waals surface area contributed by atoms with Crippen LogP contribution in [0, 0.1) is 5.92 Å². The molecule has 13 heavy (non-hydrogen) atoms. The first-order chi connectivity index (χ1) is 6.18. The number of amides is 3. The molecule has 2 rings (SSSR count). The number of alkyl halides is 1. The number of imide groups is 1. The van der Waals surface area contributed by atoms with Gasteiger partial charge in [-0.25, -0.2) is 4.79 Å². The Bertz CT molecular complexity index is 257. The molecule has 1 aliphatic carbocycles. The first-order valence-electron chi connectivity index (χ1n) is 4.44. The molecule has 3 atom stereocenters. The third-order valence-electron chi connectivity index (χ3n) is 2.67. The van der Waals surface area contributed by atoms with Crippen molar-refractivity contribution in [3.63, 3.8) is 0 Å². The molecule has 1 saturated carbocycles. The average molecular weight is 294 g/mol. The molecule has 72 valence electrons. The van der Waals surface area contributed by atoms with Crippen molar-refractivity contribution in [3.8, 4) is 0 Å². The maximum atomic E-state index is 11.5. The Morgan fingerprint density at radius 1 is 1.31 bits per heavy atom. The van der Waals surface area contributed by atoms with Crippen molar-refractivity contribution in [3.05, 3.63) is 0 Å². The third kappa shape index (κ3) is 1.66. The van der Waals surface area contributed by atoms with Gasteiger partial charge in [-0.05, 0) is 12.8 Å². The Labute approximate surface area is 90.0 Å². The molecule has 0 aromatic carbocycles. The van der Waals surface area contributed by atoms with Crippen LogP contribution in [0.15, 0.2) is 0 Å². The van der Waals surface area contributed by atoms with Crippen LogP contribution < -0.4 is 10.6 Å². The molecule has 4 nitrogen and oxygen atoms in total. The van der Waals surface area contributed by atoms with E-state index in [4.69, 9.17) is 0 Å². The second kappa shape index (κ2) is 3.43. The maximum absolute atomic E-state index is 11.5. The molecular weight excluding hydrogens is 283 g/mol. The van der Waals surface area contributed by atoms with E-state index in [-0.39, 0.29) is 23.9 Å². The molecule has 0 aromatic rings. The van der Waals surface area contributed by atoms with Crippen LogP contribution in [0.2, 0.25) is 0 Å². The summed E-state index contributed by atoms with van der Waals surface area (Å²) >= 11 is 2.30. The van der Waals surface area contributed by atoms with Crippen LogP contribution in [-0.2, 0) is 4.79 Å². The van der Waals surface area contributed by atoms with E-state index in [1.165, 1.54) is 0 Å². The van der Waals surface area contributed by atoms with Crippen molar-refractivity contribution in [2.24, 2.45) is 5.92 Å². The zero-order chi connectivity index (χ0) is 9.42. The summed E-state index contributed by atoms with van der Waals surface area (Å²) in [5, 5.41) is 5.12. The molecular formula is C8H11IN2O2. The van der Waals surface area contributed by atoms with Gasteiger partial charge in [-0.15, -0.1) is 0 Å². The van der Waals surface area contributed by atoms with Gasteiger partial charge in [0, 0.05) is 9.97 Å². The molecule has 2 N–H and O–H groups in total. The molecule has 3 amide bonds. The van der Waals surface area contributed by atoms with Crippen LogP contribution in [0.4, 0.5) is 4.79 Å². The minimum absolute atomic E-state index is 0.0213. The standard InChI is InChI=1S/C8H11IN2O2/c9-4-2-1-3-5-6(4)7(12)11-8(13)10-5/h4-6H,1-3H2,(H2,10,11,12,13). The second-order valence-electron chi connectivity index (χ2n) is 3.54. The lowest BCUT2D eigenvalue weighted by Gasteiger charge is -2.37. The quantitative estimate of drug-likeness (QED) is 0.513. The maximum Gasteiger partial charge on any atom is 0.321 e. The molecule has 1 saturated heterocycles. The summed E-state index contributed by atoms with van der Waals surface area (Å²) in [6, 6.07) is -0.270. The van der Waals surface area contributed by atoms with Gasteiger partial charge in [0.25, 0.3) is 0 Å². The molecule has 0 bridgehead atoms. The average Bonchev–Trinajstić information content (AvgIpc) is 2.02. The number of hydrogen-bond donors (Lipinski definition) is 2. The lowest BCUT2D eigenvalue weighted by molar-refractivity contribution is -0.126. The number of hydrogen-bond acceptors (Lipinski definition) is 2. The summed E-state index contributed by atoms with van der Waals surface area (Å²) < 4.78 is 0.358. The molecule has 0 spiro atoms. The Hall–Kier alpha value is -0.330. The predicted molar refractivity (Wildman–Crippen MR) is 55.6 cm³/mol. The number of carbonyl (C=O) groups is 2. The molecule has 0 aromatic heterocycles. The smallest absolute Gasteiger partial charge is 0.321 e. The highest BCUT2D eigenvalue weighted by Gasteiger charge is 2.41. The summed E-state index contributed by atoms with van der Waals surface area (Å²) in [5.74, 6) is -0.125. The highest BCUT2D eigenvalue weighted by Crippen LogP contribution is 2.32. The van der Waals surface area contributed by atoms with Crippen LogP contribution in [0.25, 0.3) is 0 Å². The fourth-order valence-electron chi connectivity index (χ4n) is 2.05. The van der Waals surface area contributed by atoms with Crippen LogP contribution in [0.3, 0.4) is 0 Å². The van der Waals surface area contributed by atoms with Crippen LogP contribution in [-0.4, -0.2) is 21.9 Å². The van der Waals surface area contributed by atoms with Crippen molar-refractivity contribution in [2.45, 2.75) is 29.2 Å². The normalized spacial score (nSPS) is 39.0. The van der Waals surface area contributed by atoms with Gasteiger partial charge in [0.15, 0.2) is 0 Å². The van der Waals surface area contributed by atoms with Gasteiger partial charge in [-0.1, -0.05) is 29.0 Å². The largest absolute Gasteiger partial charge is 0.334 e. The van der Waals surface area contributed by atoms with Gasteiger partial charge >= 0.3 is 6.03 Å². The van der Waals surface area contributed by atoms with Crippen molar-refractivity contribution in [1.29, 1.82) is 0 Å². The van der Waals surface area contributed by atoms with Crippen molar-refractivity contribution in [1.82, 2.24) is 10.6 Å². The second-order valence-corrected chi connectivity index (χ2v) is 5.14. The van der Waals surface area contributed by atoms with Crippen LogP contribution >= 0.6 is 22.6 Å². The Morgan fingerprint density at radius 2 is 2.08 bits per heavy atom. The zero-order valence-electron chi connectivity index (χ0n) is 7.05. The van der Waals surface area contributed by atoms with Gasteiger partial charge in [-0.2, -0.15) is 0 Å². The van der Waals surface area contributed by atoms with E-state index in [0.29, 0.717) is 3.92 Å². The number of nitrogens with one attached hydrogen (secondary N) is 2. The highest BCUT2D eigenvalue weighted by atomic mass is 127. The predicted octanol–water partition coefficient (Wildman–Crippen LogP) is 0.798. The SMILES string of the molecule is O=C1NC(=O)C2C(I)CCCC2N1. The first kappa shape index (κ1) is 9.23. The van der Waals surface area contributed by atoms with Gasteiger partial charge in [0.1, 0.15) is 0 Å². The number of halogens is 1. The Morgan fingerprint density at radius 3 is 2.85 bits per heavy atom. The van der Waals surface area contributed by atoms with Crippen molar-refractivity contribution >= 4 is 34.5 Å². The fourth-order valence-corrected chi connectivity index (χ4v) is 3.32. The minimum atomic E-state index is -0.336. The molecule has 1 aliphatic heterocycles. The van der Waals surface area contributed by atoms with Crippen LogP contribution in [0.1, 0.15) is 19.3 Å². The van der Waals surface area contributed by atoms with E-state index in [0.717, 1.165) is 19.3 Å². The summed E-state index contributed by atoms with van der Waals surface area (Å²) in [5.41, 5.74) is 0. The highest BCUT2D eigenvalue weighted by molar-refractivity contribution is 14.1. The Balaban J connectivity index is 2.17. The first-order valence-corrected chi connectivity index (χ1v) is 5.68. The fraction of sp³-hybridized carbons (Fsp3) is 0.750. The topological polar surface area (TPSA) is 58.2 Å². The van der Waals surface area contributed by atoms with E-state index >= 15 is 0 Å². The monoisotopic (exact) mass is 294 g/mol. The van der Waals surface area contributed by atoms with E-state index in [1.54, 1.807) is 0 Å². The zero-order valence-corrected chi connectivity index (χ0v) is 9.21. The molecule has 0 radical (unpaired) electrons. The minimum Gasteiger partial charge on any atom is -0.334 e. The molecule has 5 heteroatoms. The number of rotatable bonds is 0. The molecule has 3 unspecified atom stereocenters. The molecule has 2 aliphatic rings. The van der Waals surface area contributed by atoms with Crippen molar-refractivity contribution in [2.75, 3.05) is 0 Å². The summed E-state index contributed by atoms with van der Waals surface area (Å²) in [6.45, 7) is 0. The molecule has 1 heterocycles. The third-order valence-corrected chi connectivity index (χ3v) is 4.07. The number of carbonyl (C=O) groups excluding carboxylic acids is 2. The van der Waals surface area contributed by atoms with Gasteiger partial charge < -0.3 is 5.32 Å². The summed E-state index contributed by atoms with van der Waals surface area (Å²) in [6.07, 6.45) is 3.11. The lowest BCUT2D eigenvalue weighted by atomic mass is 9.83. The summed E-state index contributed by atoms with van der Waals surface area (Å²) in [4.78, 5) is 22.5. The number of urea groups is 1. The van der Waals surface area contributed by atoms with E-state index < -0.39 is 0 Å². The number of fused-ring (bicyclic) bond motifs is 1. The van der Waals surface area contributed by atoms with E-state index in [2.05, 4.69) is 33.2 Å². The van der Waals surface area contributed by atoms with Crippen LogP contribution in [0.5, 0.6) is 0 Å². The Kier molecular flexibility index (Phi) is 2.44. The van der Waals surface area contributed by atoms with E-state index in [1.807, 2.05) is 0 Å². The van der Waals surface area contributed by atoms with Gasteiger partial charge in [0.2, 0.25) is 5.91 Å². The summed E-state index contributed by atoms with van der Waals surface area (Å²) in [7, 11) is 0. The lowest BCUT2D eigenvalue weighted by Crippen LogP contribution is -2.61. The van der Waals surface area contributed by atoms with Gasteiger partial charge in [0.05, 0.1) is 5.92 Å². The van der Waals surface area contributed by atoms with E-state index in [9.17, 15) is 9.59 Å². The molecule has 2 fully saturated rings. The van der Waals surface area contributed by atoms with Crippen molar-refractivity contribution < 1.29 is 9.59 Å². The van der Waals surface area contributed by atoms with Gasteiger partial charge in [-0.3, -0.25) is 10.1 Å².